The first-order valence-corrected chi connectivity index (χ1v) is 8.55. The highest BCUT2D eigenvalue weighted by molar-refractivity contribution is 8.03. The second kappa shape index (κ2) is 5.82. The molecule has 1 unspecified atom stereocenters. The molecule has 1 fully saturated rings. The van der Waals surface area contributed by atoms with E-state index in [0.717, 1.165) is 10.5 Å². The van der Waals surface area contributed by atoms with Crippen molar-refractivity contribution >= 4 is 17.6 Å². The number of fused-ring (bicyclic) bond motifs is 1. The van der Waals surface area contributed by atoms with Gasteiger partial charge in [-0.15, -0.1) is 0 Å². The van der Waals surface area contributed by atoms with Gasteiger partial charge < -0.3 is 10.0 Å². The molecule has 0 radical (unpaired) electrons. The Labute approximate surface area is 134 Å². The lowest BCUT2D eigenvalue weighted by Gasteiger charge is -2.32. The summed E-state index contributed by atoms with van der Waals surface area (Å²) >= 11 is 1.69. The molecule has 4 nitrogen and oxygen atoms in total. The molecule has 1 aromatic rings. The summed E-state index contributed by atoms with van der Waals surface area (Å²) < 4.78 is 0. The van der Waals surface area contributed by atoms with Crippen LogP contribution >= 0.6 is 11.8 Å². The summed E-state index contributed by atoms with van der Waals surface area (Å²) in [5.74, 6) is 1.78. The van der Waals surface area contributed by atoms with E-state index in [1.54, 1.807) is 11.8 Å². The van der Waals surface area contributed by atoms with E-state index < -0.39 is 0 Å². The van der Waals surface area contributed by atoms with Crippen LogP contribution in [-0.4, -0.2) is 22.0 Å². The molecule has 5 heteroatoms. The van der Waals surface area contributed by atoms with Gasteiger partial charge in [0.15, 0.2) is 0 Å². The van der Waals surface area contributed by atoms with E-state index in [2.05, 4.69) is 39.8 Å². The molecule has 2 N–H and O–H groups in total. The molecule has 0 spiro atoms. The van der Waals surface area contributed by atoms with Crippen LogP contribution in [0.2, 0.25) is 0 Å². The number of allylic oxidation sites excluding steroid dienone is 1. The van der Waals surface area contributed by atoms with Crippen LogP contribution in [0.4, 0.5) is 0 Å². The van der Waals surface area contributed by atoms with E-state index in [0.29, 0.717) is 5.92 Å². The first-order chi connectivity index (χ1) is 10.8. The number of rotatable bonds is 4. The van der Waals surface area contributed by atoms with Crippen molar-refractivity contribution in [3.8, 4) is 0 Å². The Morgan fingerprint density at radius 3 is 2.95 bits per heavy atom. The third-order valence-corrected chi connectivity index (χ3v) is 5.52. The van der Waals surface area contributed by atoms with Crippen molar-refractivity contribution in [3.05, 3.63) is 53.1 Å². The van der Waals surface area contributed by atoms with Gasteiger partial charge in [0.05, 0.1) is 6.61 Å². The smallest absolute Gasteiger partial charge is 0.139 e. The molecule has 114 valence electrons. The van der Waals surface area contributed by atoms with Crippen LogP contribution in [0.25, 0.3) is 0 Å². The number of hydrogen-bond acceptors (Lipinski definition) is 5. The quantitative estimate of drug-likeness (QED) is 0.897. The lowest BCUT2D eigenvalue weighted by atomic mass is 9.84. The third-order valence-electron chi connectivity index (χ3n) is 4.43. The molecule has 1 aromatic carbocycles. The van der Waals surface area contributed by atoms with Gasteiger partial charge >= 0.3 is 0 Å². The first-order valence-electron chi connectivity index (χ1n) is 7.73. The maximum atomic E-state index is 9.46. The van der Waals surface area contributed by atoms with Crippen molar-refractivity contribution in [2.45, 2.75) is 36.9 Å². The maximum absolute atomic E-state index is 9.46. The molecule has 0 amide bonds. The minimum atomic E-state index is 0.0723. The van der Waals surface area contributed by atoms with Crippen molar-refractivity contribution in [3.63, 3.8) is 0 Å². The number of hydrogen-bond donors (Lipinski definition) is 2. The monoisotopic (exact) mass is 313 g/mol. The van der Waals surface area contributed by atoms with Gasteiger partial charge in [0.2, 0.25) is 0 Å². The van der Waals surface area contributed by atoms with Gasteiger partial charge in [0.25, 0.3) is 0 Å². The standard InChI is InChI=1S/C17H19N3OS/c21-11-13-4-1-2-7-15(13)22-14-8-9-16-18-19-17(20(16)10-14)12-5-3-6-12/h1-2,4,7-10,12,16,18,21H,3,5-6,11H2. The number of hydrazone groups is 1. The van der Waals surface area contributed by atoms with E-state index >= 15 is 0 Å². The zero-order chi connectivity index (χ0) is 14.9. The third kappa shape index (κ3) is 2.44. The number of nitrogens with one attached hydrogen (secondary N) is 1. The molecular formula is C17H19N3OS. The molecule has 2 aliphatic heterocycles. The number of aliphatic hydroxyl groups excluding tert-OH is 1. The second-order valence-electron chi connectivity index (χ2n) is 5.84. The summed E-state index contributed by atoms with van der Waals surface area (Å²) in [7, 11) is 0. The molecule has 4 rings (SSSR count). The Morgan fingerprint density at radius 2 is 2.18 bits per heavy atom. The van der Waals surface area contributed by atoms with Crippen LogP contribution in [0, 0.1) is 5.92 Å². The zero-order valence-corrected chi connectivity index (χ0v) is 13.1. The van der Waals surface area contributed by atoms with Gasteiger partial charge in [-0.25, -0.2) is 0 Å². The minimum Gasteiger partial charge on any atom is -0.392 e. The van der Waals surface area contributed by atoms with Crippen LogP contribution < -0.4 is 5.43 Å². The molecule has 0 saturated heterocycles. The minimum absolute atomic E-state index is 0.0723. The molecular weight excluding hydrogens is 294 g/mol. The average Bonchev–Trinajstić information content (AvgIpc) is 2.89. The Hall–Kier alpha value is -1.72. The van der Waals surface area contributed by atoms with E-state index in [1.807, 2.05) is 18.2 Å². The van der Waals surface area contributed by atoms with Crippen molar-refractivity contribution in [2.24, 2.45) is 11.0 Å². The van der Waals surface area contributed by atoms with Crippen molar-refractivity contribution in [2.75, 3.05) is 0 Å². The van der Waals surface area contributed by atoms with Crippen LogP contribution in [0.15, 0.2) is 57.5 Å². The Balaban J connectivity index is 1.55. The molecule has 22 heavy (non-hydrogen) atoms. The van der Waals surface area contributed by atoms with Gasteiger partial charge in [-0.2, -0.15) is 5.10 Å². The predicted molar refractivity (Wildman–Crippen MR) is 89.0 cm³/mol. The lowest BCUT2D eigenvalue weighted by molar-refractivity contribution is 0.279. The number of benzene rings is 1. The predicted octanol–water partition coefficient (Wildman–Crippen LogP) is 3.03. The number of thioether (sulfide) groups is 1. The average molecular weight is 313 g/mol. The molecule has 1 saturated carbocycles. The van der Waals surface area contributed by atoms with Gasteiger partial charge in [-0.05, 0) is 36.6 Å². The number of nitrogens with zero attached hydrogens (tertiary/aromatic N) is 2. The SMILES string of the molecule is OCc1ccccc1SC1=CN2C(C3CCC3)=NNC2C=C1. The summed E-state index contributed by atoms with van der Waals surface area (Å²) in [6, 6.07) is 8.00. The van der Waals surface area contributed by atoms with Crippen LogP contribution in [0.3, 0.4) is 0 Å². The summed E-state index contributed by atoms with van der Waals surface area (Å²) in [5.41, 5.74) is 4.17. The van der Waals surface area contributed by atoms with Gasteiger partial charge in [-0.3, -0.25) is 5.43 Å². The molecule has 1 atom stereocenters. The summed E-state index contributed by atoms with van der Waals surface area (Å²) in [4.78, 5) is 4.54. The largest absolute Gasteiger partial charge is 0.392 e. The fraction of sp³-hybridized carbons (Fsp3) is 0.353. The van der Waals surface area contributed by atoms with Crippen molar-refractivity contribution < 1.29 is 5.11 Å². The number of amidine groups is 1. The summed E-state index contributed by atoms with van der Waals surface area (Å²) in [6.07, 6.45) is 10.4. The maximum Gasteiger partial charge on any atom is 0.139 e. The highest BCUT2D eigenvalue weighted by atomic mass is 32.2. The normalized spacial score (nSPS) is 23.5. The molecule has 0 bridgehead atoms. The fourth-order valence-corrected chi connectivity index (χ4v) is 3.91. The van der Waals surface area contributed by atoms with Crippen molar-refractivity contribution in [1.82, 2.24) is 10.3 Å². The van der Waals surface area contributed by atoms with E-state index in [9.17, 15) is 5.11 Å². The highest BCUT2D eigenvalue weighted by Gasteiger charge is 2.34. The number of aliphatic hydroxyl groups is 1. The van der Waals surface area contributed by atoms with Gasteiger partial charge in [0.1, 0.15) is 12.0 Å². The Kier molecular flexibility index (Phi) is 3.68. The second-order valence-corrected chi connectivity index (χ2v) is 6.95. The Bertz CT molecular complexity index is 664. The zero-order valence-electron chi connectivity index (χ0n) is 12.3. The fourth-order valence-electron chi connectivity index (χ4n) is 2.93. The topological polar surface area (TPSA) is 47.9 Å². The van der Waals surface area contributed by atoms with Crippen LogP contribution in [0.1, 0.15) is 24.8 Å². The van der Waals surface area contributed by atoms with Crippen molar-refractivity contribution in [1.29, 1.82) is 0 Å². The highest BCUT2D eigenvalue weighted by Crippen LogP contribution is 2.36. The molecule has 0 aromatic heterocycles. The van der Waals surface area contributed by atoms with Crippen LogP contribution in [-0.2, 0) is 6.61 Å². The molecule has 3 aliphatic rings. The molecule has 1 aliphatic carbocycles. The van der Waals surface area contributed by atoms with E-state index in [-0.39, 0.29) is 12.8 Å². The molecule has 2 heterocycles. The Morgan fingerprint density at radius 1 is 1.32 bits per heavy atom. The summed E-state index contributed by atoms with van der Waals surface area (Å²) in [6.45, 7) is 0.0723. The lowest BCUT2D eigenvalue weighted by Crippen LogP contribution is -2.40. The summed E-state index contributed by atoms with van der Waals surface area (Å²) in [5, 5.41) is 14.0. The van der Waals surface area contributed by atoms with Crippen LogP contribution in [0.5, 0.6) is 0 Å². The van der Waals surface area contributed by atoms with Gasteiger partial charge in [0, 0.05) is 21.9 Å². The van der Waals surface area contributed by atoms with E-state index in [4.69, 9.17) is 0 Å². The van der Waals surface area contributed by atoms with E-state index in [1.165, 1.54) is 30.0 Å². The first kappa shape index (κ1) is 13.9. The van der Waals surface area contributed by atoms with Gasteiger partial charge in [-0.1, -0.05) is 36.4 Å².